The molecular weight excluding hydrogens is 486 g/mol. The minimum atomic E-state index is 0.0530. The smallest absolute Gasteiger partial charge is 0.318 e. The predicted molar refractivity (Wildman–Crippen MR) is 155 cm³/mol. The van der Waals surface area contributed by atoms with E-state index in [2.05, 4.69) is 71.1 Å². The Labute approximate surface area is 231 Å². The molecule has 2 aromatic carbocycles. The number of piperidine rings is 1. The molecule has 1 aromatic heterocycles. The quantitative estimate of drug-likeness (QED) is 0.515. The molecule has 0 unspecified atom stereocenters. The lowest BCUT2D eigenvalue weighted by Crippen LogP contribution is -2.48. The molecule has 4 heterocycles. The molecule has 3 aromatic rings. The molecule has 8 nitrogen and oxygen atoms in total. The van der Waals surface area contributed by atoms with Crippen molar-refractivity contribution < 1.29 is 4.74 Å². The fourth-order valence-electron chi connectivity index (χ4n) is 6.63. The highest BCUT2D eigenvalue weighted by atomic mass is 16.5. The minimum absolute atomic E-state index is 0.0530. The van der Waals surface area contributed by atoms with Gasteiger partial charge in [-0.3, -0.25) is 0 Å². The predicted octanol–water partition coefficient (Wildman–Crippen LogP) is 4.04. The lowest BCUT2D eigenvalue weighted by Gasteiger charge is -2.39. The van der Waals surface area contributed by atoms with Crippen LogP contribution in [-0.2, 0) is 13.0 Å². The molecule has 204 valence electrons. The summed E-state index contributed by atoms with van der Waals surface area (Å²) in [5.74, 6) is 1.11. The van der Waals surface area contributed by atoms with E-state index < -0.39 is 0 Å². The number of aromatic nitrogens is 2. The van der Waals surface area contributed by atoms with Crippen LogP contribution in [0.4, 0.5) is 11.5 Å². The van der Waals surface area contributed by atoms with Gasteiger partial charge >= 0.3 is 6.01 Å². The van der Waals surface area contributed by atoms with Crippen molar-refractivity contribution in [1.29, 1.82) is 5.26 Å². The summed E-state index contributed by atoms with van der Waals surface area (Å²) < 4.78 is 6.30. The van der Waals surface area contributed by atoms with Gasteiger partial charge in [-0.2, -0.15) is 15.2 Å². The van der Waals surface area contributed by atoms with Crippen LogP contribution >= 0.6 is 0 Å². The first-order valence-corrected chi connectivity index (χ1v) is 14.4. The summed E-state index contributed by atoms with van der Waals surface area (Å²) in [4.78, 5) is 17.2. The number of aryl methyl sites for hydroxylation is 1. The zero-order valence-electron chi connectivity index (χ0n) is 23.1. The Kier molecular flexibility index (Phi) is 7.28. The van der Waals surface area contributed by atoms with Crippen LogP contribution < -0.4 is 20.3 Å². The highest BCUT2D eigenvalue weighted by Crippen LogP contribution is 2.36. The summed E-state index contributed by atoms with van der Waals surface area (Å²) in [6.07, 6.45) is 4.53. The van der Waals surface area contributed by atoms with Crippen molar-refractivity contribution in [2.75, 3.05) is 49.6 Å². The summed E-state index contributed by atoms with van der Waals surface area (Å²) in [5, 5.41) is 11.9. The second-order valence-electron chi connectivity index (χ2n) is 11.5. The number of hydrogen-bond donors (Lipinski definition) is 1. The van der Waals surface area contributed by atoms with Crippen molar-refractivity contribution in [2.45, 2.75) is 57.7 Å². The summed E-state index contributed by atoms with van der Waals surface area (Å²) >= 11 is 0. The van der Waals surface area contributed by atoms with Crippen LogP contribution in [0.3, 0.4) is 0 Å². The van der Waals surface area contributed by atoms with Crippen LogP contribution in [0.2, 0.25) is 0 Å². The number of likely N-dealkylation sites (tertiary alicyclic amines) is 1. The van der Waals surface area contributed by atoms with Gasteiger partial charge in [0.1, 0.15) is 12.4 Å². The van der Waals surface area contributed by atoms with Crippen LogP contribution in [0, 0.1) is 24.2 Å². The molecule has 3 aliphatic rings. The SMILES string of the molecule is Cc1cccc2cccc(N3CCc4c(nc(OC[C@@H]5CCCN5C)nc4N4CC[C@H](N)[C@@H](CC#N)C4)C3)c12. The topological polar surface area (TPSA) is 94.5 Å². The minimum Gasteiger partial charge on any atom is -0.462 e. The Morgan fingerprint density at radius 2 is 1.92 bits per heavy atom. The molecule has 0 amide bonds. The number of nitrogens with two attached hydrogens (primary N) is 1. The van der Waals surface area contributed by atoms with Gasteiger partial charge in [0, 0.05) is 60.7 Å². The number of hydrogen-bond acceptors (Lipinski definition) is 8. The van der Waals surface area contributed by atoms with E-state index in [0.717, 1.165) is 57.0 Å². The molecule has 0 saturated carbocycles. The van der Waals surface area contributed by atoms with Crippen molar-refractivity contribution >= 4 is 22.3 Å². The fourth-order valence-corrected chi connectivity index (χ4v) is 6.63. The van der Waals surface area contributed by atoms with Gasteiger partial charge in [0.25, 0.3) is 0 Å². The first-order chi connectivity index (χ1) is 19.0. The van der Waals surface area contributed by atoms with E-state index in [1.807, 2.05) is 0 Å². The lowest BCUT2D eigenvalue weighted by atomic mass is 9.90. The summed E-state index contributed by atoms with van der Waals surface area (Å²) in [6, 6.07) is 16.3. The van der Waals surface area contributed by atoms with E-state index in [-0.39, 0.29) is 12.0 Å². The molecular formula is C31H39N7O. The van der Waals surface area contributed by atoms with E-state index in [9.17, 15) is 5.26 Å². The first-order valence-electron chi connectivity index (χ1n) is 14.4. The number of ether oxygens (including phenoxy) is 1. The molecule has 0 aliphatic carbocycles. The molecule has 8 heteroatoms. The maximum absolute atomic E-state index is 9.38. The van der Waals surface area contributed by atoms with Crippen LogP contribution in [0.25, 0.3) is 10.8 Å². The highest BCUT2D eigenvalue weighted by molar-refractivity contribution is 5.97. The van der Waals surface area contributed by atoms with Gasteiger partial charge in [-0.25, -0.2) is 0 Å². The Morgan fingerprint density at radius 1 is 1.08 bits per heavy atom. The van der Waals surface area contributed by atoms with Gasteiger partial charge in [-0.05, 0) is 63.2 Å². The number of nitriles is 1. The summed E-state index contributed by atoms with van der Waals surface area (Å²) in [5.41, 5.74) is 11.2. The third-order valence-electron chi connectivity index (χ3n) is 8.98. The first kappa shape index (κ1) is 25.8. The Morgan fingerprint density at radius 3 is 2.72 bits per heavy atom. The normalized spacial score (nSPS) is 23.6. The molecule has 6 rings (SSSR count). The number of nitrogens with zero attached hydrogens (tertiary/aromatic N) is 6. The number of benzene rings is 2. The summed E-state index contributed by atoms with van der Waals surface area (Å²) in [7, 11) is 2.16. The maximum Gasteiger partial charge on any atom is 0.318 e. The average molecular weight is 526 g/mol. The fraction of sp³-hybridized carbons (Fsp3) is 0.516. The highest BCUT2D eigenvalue weighted by Gasteiger charge is 2.32. The molecule has 2 saturated heterocycles. The standard InChI is InChI=1S/C31H39N7O/c1-21-6-3-7-22-8-4-10-28(29(21)22)37-16-12-25-27(19-37)34-31(39-20-24-9-5-15-36(24)2)35-30(25)38-17-13-26(33)23(18-38)11-14-32/h3-4,6-8,10,23-24,26H,5,9,11-13,15-20,33H2,1-2H3/t23-,24-,26-/m0/s1. The van der Waals surface area contributed by atoms with E-state index >= 15 is 0 Å². The third kappa shape index (κ3) is 5.13. The van der Waals surface area contributed by atoms with Crippen molar-refractivity contribution in [2.24, 2.45) is 11.7 Å². The van der Waals surface area contributed by atoms with E-state index in [1.54, 1.807) is 0 Å². The van der Waals surface area contributed by atoms with Crippen LogP contribution in [0.5, 0.6) is 6.01 Å². The second-order valence-corrected chi connectivity index (χ2v) is 11.5. The van der Waals surface area contributed by atoms with Gasteiger partial charge in [0.05, 0.1) is 18.3 Å². The van der Waals surface area contributed by atoms with E-state index in [4.69, 9.17) is 20.4 Å². The van der Waals surface area contributed by atoms with Gasteiger partial charge in [0.2, 0.25) is 0 Å². The Hall–Kier alpha value is -3.41. The molecule has 2 N–H and O–H groups in total. The average Bonchev–Trinajstić information content (AvgIpc) is 3.36. The van der Waals surface area contributed by atoms with Crippen molar-refractivity contribution in [1.82, 2.24) is 14.9 Å². The van der Waals surface area contributed by atoms with Crippen molar-refractivity contribution in [3.05, 3.63) is 53.2 Å². The zero-order chi connectivity index (χ0) is 26.9. The Balaban J connectivity index is 1.34. The van der Waals surface area contributed by atoms with Crippen molar-refractivity contribution in [3.8, 4) is 12.1 Å². The molecule has 3 aliphatic heterocycles. The monoisotopic (exact) mass is 525 g/mol. The summed E-state index contributed by atoms with van der Waals surface area (Å²) in [6.45, 7) is 7.10. The number of fused-ring (bicyclic) bond motifs is 2. The molecule has 0 spiro atoms. The van der Waals surface area contributed by atoms with Gasteiger partial charge in [-0.15, -0.1) is 0 Å². The zero-order valence-corrected chi connectivity index (χ0v) is 23.1. The number of likely N-dealkylation sites (N-methyl/N-ethyl adjacent to an activating group) is 1. The van der Waals surface area contributed by atoms with Gasteiger partial charge < -0.3 is 25.2 Å². The van der Waals surface area contributed by atoms with E-state index in [0.29, 0.717) is 31.6 Å². The third-order valence-corrected chi connectivity index (χ3v) is 8.98. The molecule has 39 heavy (non-hydrogen) atoms. The Bertz CT molecular complexity index is 1380. The van der Waals surface area contributed by atoms with Crippen molar-refractivity contribution in [3.63, 3.8) is 0 Å². The molecule has 3 atom stereocenters. The number of anilines is 2. The van der Waals surface area contributed by atoms with E-state index in [1.165, 1.54) is 34.0 Å². The number of rotatable bonds is 6. The van der Waals surface area contributed by atoms with Gasteiger partial charge in [-0.1, -0.05) is 30.3 Å². The molecule has 0 radical (unpaired) electrons. The van der Waals surface area contributed by atoms with Crippen LogP contribution in [-0.4, -0.2) is 66.8 Å². The molecule has 2 fully saturated rings. The molecule has 0 bridgehead atoms. The second kappa shape index (κ2) is 11.0. The lowest BCUT2D eigenvalue weighted by molar-refractivity contribution is 0.187. The largest absolute Gasteiger partial charge is 0.462 e. The maximum atomic E-state index is 9.38. The van der Waals surface area contributed by atoms with Crippen LogP contribution in [0.1, 0.15) is 42.5 Å². The van der Waals surface area contributed by atoms with Crippen LogP contribution in [0.15, 0.2) is 36.4 Å². The van der Waals surface area contributed by atoms with Gasteiger partial charge in [0.15, 0.2) is 0 Å².